The summed E-state index contributed by atoms with van der Waals surface area (Å²) in [5.74, 6) is -1.19. The number of halogens is 1. The first-order valence-electron chi connectivity index (χ1n) is 9.35. The minimum atomic E-state index is -3.94. The molecular weight excluding hydrogens is 454 g/mol. The summed E-state index contributed by atoms with van der Waals surface area (Å²) in [6.07, 6.45) is 0. The highest BCUT2D eigenvalue weighted by Crippen LogP contribution is 2.19. The van der Waals surface area contributed by atoms with Crippen LogP contribution in [0, 0.1) is 0 Å². The number of methoxy groups -OCH3 is 1. The number of benzene rings is 3. The van der Waals surface area contributed by atoms with Gasteiger partial charge in [-0.25, -0.2) is 8.42 Å². The van der Waals surface area contributed by atoms with E-state index in [2.05, 4.69) is 15.6 Å². The van der Waals surface area contributed by atoms with E-state index in [4.69, 9.17) is 16.3 Å². The summed E-state index contributed by atoms with van der Waals surface area (Å²) in [5, 5.41) is 0.471. The molecule has 0 fully saturated rings. The Morgan fingerprint density at radius 1 is 0.875 bits per heavy atom. The Morgan fingerprint density at radius 3 is 2.09 bits per heavy atom. The predicted molar refractivity (Wildman–Crippen MR) is 121 cm³/mol. The number of carbonyl (C=O) groups is 2. The van der Waals surface area contributed by atoms with E-state index >= 15 is 0 Å². The quantitative estimate of drug-likeness (QED) is 0.455. The molecule has 0 spiro atoms. The van der Waals surface area contributed by atoms with Gasteiger partial charge >= 0.3 is 0 Å². The average Bonchev–Trinajstić information content (AvgIpc) is 2.79. The molecule has 0 radical (unpaired) electrons. The highest BCUT2D eigenvalue weighted by molar-refractivity contribution is 7.92. The highest BCUT2D eigenvalue weighted by atomic mass is 35.5. The van der Waals surface area contributed by atoms with Crippen LogP contribution in [0.1, 0.15) is 26.3 Å². The van der Waals surface area contributed by atoms with Gasteiger partial charge in [-0.05, 0) is 60.2 Å². The molecule has 3 N–H and O–H groups in total. The number of rotatable bonds is 7. The highest BCUT2D eigenvalue weighted by Gasteiger charge is 2.17. The van der Waals surface area contributed by atoms with Crippen LogP contribution in [0.25, 0.3) is 0 Å². The molecule has 32 heavy (non-hydrogen) atoms. The number of carbonyl (C=O) groups excluding carboxylic acids is 2. The molecule has 0 aromatic heterocycles. The molecule has 0 aliphatic heterocycles. The van der Waals surface area contributed by atoms with Gasteiger partial charge in [0.15, 0.2) is 0 Å². The third kappa shape index (κ3) is 6.07. The van der Waals surface area contributed by atoms with Crippen LogP contribution in [0.5, 0.6) is 0 Å². The fourth-order valence-corrected chi connectivity index (χ4v) is 3.99. The van der Waals surface area contributed by atoms with Gasteiger partial charge in [-0.15, -0.1) is 0 Å². The number of hydrogen-bond donors (Lipinski definition) is 3. The fraction of sp³-hybridized carbons (Fsp3) is 0.0909. The first-order valence-corrected chi connectivity index (χ1v) is 11.2. The van der Waals surface area contributed by atoms with E-state index in [-0.39, 0.29) is 10.5 Å². The van der Waals surface area contributed by atoms with Crippen LogP contribution in [0.15, 0.2) is 77.7 Å². The molecular formula is C22H20ClN3O5S. The minimum absolute atomic E-state index is 0.0532. The van der Waals surface area contributed by atoms with Crippen LogP contribution >= 0.6 is 11.6 Å². The van der Waals surface area contributed by atoms with Crippen molar-refractivity contribution in [1.29, 1.82) is 0 Å². The molecule has 3 rings (SSSR count). The molecule has 0 aliphatic rings. The second-order valence-electron chi connectivity index (χ2n) is 6.68. The molecule has 10 heteroatoms. The van der Waals surface area contributed by atoms with Crippen LogP contribution < -0.4 is 15.6 Å². The number of sulfonamides is 1. The van der Waals surface area contributed by atoms with Crippen molar-refractivity contribution in [1.82, 2.24) is 10.9 Å². The van der Waals surface area contributed by atoms with Gasteiger partial charge in [-0.3, -0.25) is 25.2 Å². The number of ether oxygens (including phenoxy) is 1. The maximum atomic E-state index is 12.6. The second-order valence-corrected chi connectivity index (χ2v) is 8.80. The maximum Gasteiger partial charge on any atom is 0.269 e. The number of amides is 2. The van der Waals surface area contributed by atoms with Crippen molar-refractivity contribution in [3.63, 3.8) is 0 Å². The zero-order valence-corrected chi connectivity index (χ0v) is 18.5. The third-order valence-electron chi connectivity index (χ3n) is 4.29. The summed E-state index contributed by atoms with van der Waals surface area (Å²) in [7, 11) is -2.39. The smallest absolute Gasteiger partial charge is 0.269 e. The second kappa shape index (κ2) is 10.3. The molecule has 0 unspecified atom stereocenters. The molecule has 0 bridgehead atoms. The summed E-state index contributed by atoms with van der Waals surface area (Å²) < 4.78 is 32.7. The van der Waals surface area contributed by atoms with Crippen molar-refractivity contribution < 1.29 is 22.7 Å². The zero-order chi connectivity index (χ0) is 23.1. The Hall–Kier alpha value is -3.40. The van der Waals surface area contributed by atoms with Gasteiger partial charge in [0, 0.05) is 28.9 Å². The molecule has 3 aromatic carbocycles. The molecule has 0 saturated heterocycles. The van der Waals surface area contributed by atoms with Crippen molar-refractivity contribution >= 4 is 39.1 Å². The lowest BCUT2D eigenvalue weighted by Gasteiger charge is -2.11. The number of hydrazine groups is 1. The predicted octanol–water partition coefficient (Wildman–Crippen LogP) is 3.36. The molecule has 0 heterocycles. The first-order chi connectivity index (χ1) is 15.3. The van der Waals surface area contributed by atoms with Gasteiger partial charge in [0.05, 0.1) is 11.5 Å². The van der Waals surface area contributed by atoms with Gasteiger partial charge in [0.1, 0.15) is 0 Å². The topological polar surface area (TPSA) is 114 Å². The van der Waals surface area contributed by atoms with E-state index in [1.54, 1.807) is 37.4 Å². The van der Waals surface area contributed by atoms with Crippen LogP contribution in [-0.4, -0.2) is 27.3 Å². The largest absolute Gasteiger partial charge is 0.380 e. The molecule has 0 aliphatic carbocycles. The van der Waals surface area contributed by atoms with Gasteiger partial charge in [0.25, 0.3) is 21.8 Å². The lowest BCUT2D eigenvalue weighted by Crippen LogP contribution is -2.41. The average molecular weight is 474 g/mol. The van der Waals surface area contributed by atoms with Crippen LogP contribution in [-0.2, 0) is 21.4 Å². The SMILES string of the molecule is COCc1cccc(C(=O)NNC(=O)c2cccc(S(=O)(=O)Nc3ccc(Cl)cc3)c2)c1. The Morgan fingerprint density at radius 2 is 1.47 bits per heavy atom. The summed E-state index contributed by atoms with van der Waals surface area (Å²) >= 11 is 5.81. The van der Waals surface area contributed by atoms with Gasteiger partial charge in [-0.1, -0.05) is 29.8 Å². The normalized spacial score (nSPS) is 10.9. The first kappa shape index (κ1) is 23.3. The number of hydrogen-bond acceptors (Lipinski definition) is 5. The van der Waals surface area contributed by atoms with E-state index in [9.17, 15) is 18.0 Å². The maximum absolute atomic E-state index is 12.6. The standard InChI is InChI=1S/C22H20ClN3O5S/c1-31-14-15-4-2-5-16(12-15)21(27)24-25-22(28)17-6-3-7-20(13-17)32(29,30)26-19-10-8-18(23)9-11-19/h2-13,26H,14H2,1H3,(H,24,27)(H,25,28). The molecule has 3 aromatic rings. The molecule has 0 atom stereocenters. The van der Waals surface area contributed by atoms with Crippen molar-refractivity contribution in [2.45, 2.75) is 11.5 Å². The molecule has 166 valence electrons. The lowest BCUT2D eigenvalue weighted by atomic mass is 10.1. The Labute approximate surface area is 190 Å². The summed E-state index contributed by atoms with van der Waals surface area (Å²) in [5.41, 5.74) is 6.12. The zero-order valence-electron chi connectivity index (χ0n) is 17.0. The third-order valence-corrected chi connectivity index (χ3v) is 5.92. The van der Waals surface area contributed by atoms with Crippen molar-refractivity contribution in [3.8, 4) is 0 Å². The Kier molecular flexibility index (Phi) is 7.47. The Balaban J connectivity index is 1.67. The summed E-state index contributed by atoms with van der Waals surface area (Å²) in [4.78, 5) is 24.6. The van der Waals surface area contributed by atoms with Gasteiger partial charge in [0.2, 0.25) is 0 Å². The lowest BCUT2D eigenvalue weighted by molar-refractivity contribution is 0.0846. The van der Waals surface area contributed by atoms with Crippen molar-refractivity contribution in [2.75, 3.05) is 11.8 Å². The van der Waals surface area contributed by atoms with Gasteiger partial charge in [-0.2, -0.15) is 0 Å². The fourth-order valence-electron chi connectivity index (χ4n) is 2.76. The minimum Gasteiger partial charge on any atom is -0.380 e. The van der Waals surface area contributed by atoms with E-state index in [0.717, 1.165) is 5.56 Å². The van der Waals surface area contributed by atoms with E-state index in [1.807, 2.05) is 6.07 Å². The number of anilines is 1. The van der Waals surface area contributed by atoms with Gasteiger partial charge < -0.3 is 4.74 Å². The number of nitrogens with one attached hydrogen (secondary N) is 3. The van der Waals surface area contributed by atoms with Crippen LogP contribution in [0.3, 0.4) is 0 Å². The van der Waals surface area contributed by atoms with E-state index in [1.165, 1.54) is 36.4 Å². The Bertz CT molecular complexity index is 1230. The molecule has 8 nitrogen and oxygen atoms in total. The van der Waals surface area contributed by atoms with Crippen LogP contribution in [0.2, 0.25) is 5.02 Å². The molecule has 0 saturated carbocycles. The summed E-state index contributed by atoms with van der Waals surface area (Å²) in [6.45, 7) is 0.346. The van der Waals surface area contributed by atoms with Crippen molar-refractivity contribution in [3.05, 3.63) is 94.5 Å². The molecule has 2 amide bonds. The summed E-state index contributed by atoms with van der Waals surface area (Å²) in [6, 6.07) is 18.3. The van der Waals surface area contributed by atoms with E-state index < -0.39 is 21.8 Å². The van der Waals surface area contributed by atoms with Crippen molar-refractivity contribution in [2.24, 2.45) is 0 Å². The van der Waals surface area contributed by atoms with Crippen LogP contribution in [0.4, 0.5) is 5.69 Å². The van der Waals surface area contributed by atoms with E-state index in [0.29, 0.717) is 22.9 Å². The monoisotopic (exact) mass is 473 g/mol.